The second-order valence-electron chi connectivity index (χ2n) is 5.26. The van der Waals surface area contributed by atoms with Crippen LogP contribution in [0, 0.1) is 17.0 Å². The summed E-state index contributed by atoms with van der Waals surface area (Å²) in [5.74, 6) is 1.17. The third-order valence-corrected chi connectivity index (χ3v) is 3.74. The predicted molar refractivity (Wildman–Crippen MR) is 90.2 cm³/mol. The van der Waals surface area contributed by atoms with E-state index in [1.54, 1.807) is 17.8 Å². The first-order valence-electron chi connectivity index (χ1n) is 7.65. The molecule has 0 aliphatic carbocycles. The minimum Gasteiger partial charge on any atom is -0.357 e. The molecular formula is C16H18N6O2. The molecule has 0 saturated heterocycles. The van der Waals surface area contributed by atoms with Crippen molar-refractivity contribution in [1.82, 2.24) is 19.3 Å². The smallest absolute Gasteiger partial charge is 0.333 e. The molecule has 0 radical (unpaired) electrons. The highest BCUT2D eigenvalue weighted by molar-refractivity contribution is 5.59. The maximum Gasteiger partial charge on any atom is 0.333 e. The van der Waals surface area contributed by atoms with Crippen molar-refractivity contribution in [3.05, 3.63) is 64.4 Å². The number of aromatic nitrogens is 4. The fraction of sp³-hybridized carbons (Fsp3) is 0.250. The monoisotopic (exact) mass is 326 g/mol. The highest BCUT2D eigenvalue weighted by Gasteiger charge is 2.24. The van der Waals surface area contributed by atoms with Gasteiger partial charge in [-0.3, -0.25) is 10.1 Å². The van der Waals surface area contributed by atoms with Crippen LogP contribution in [0.3, 0.4) is 0 Å². The number of hydrogen-bond acceptors (Lipinski definition) is 5. The van der Waals surface area contributed by atoms with E-state index in [1.165, 1.54) is 0 Å². The van der Waals surface area contributed by atoms with Gasteiger partial charge in [0.05, 0.1) is 11.5 Å². The summed E-state index contributed by atoms with van der Waals surface area (Å²) in [6.45, 7) is 4.44. The van der Waals surface area contributed by atoms with Gasteiger partial charge in [-0.15, -0.1) is 0 Å². The average Bonchev–Trinajstić information content (AvgIpc) is 3.17. The van der Waals surface area contributed by atoms with Crippen LogP contribution in [0.5, 0.6) is 0 Å². The molecule has 0 fully saturated rings. The lowest BCUT2D eigenvalue weighted by Gasteiger charge is -2.10. The Balaban J connectivity index is 1.88. The summed E-state index contributed by atoms with van der Waals surface area (Å²) in [5, 5.41) is 18.7. The summed E-state index contributed by atoms with van der Waals surface area (Å²) in [7, 11) is 0. The van der Waals surface area contributed by atoms with E-state index in [0.717, 1.165) is 11.5 Å². The Morgan fingerprint density at radius 1 is 1.29 bits per heavy atom. The van der Waals surface area contributed by atoms with E-state index < -0.39 is 4.92 Å². The van der Waals surface area contributed by atoms with Crippen molar-refractivity contribution in [2.45, 2.75) is 26.9 Å². The average molecular weight is 326 g/mol. The summed E-state index contributed by atoms with van der Waals surface area (Å²) in [6.07, 6.45) is 3.57. The SMILES string of the molecule is CCn1nc(C)c([N+](=O)[O-])c1NCc1nccn1-c1ccccc1. The Labute approximate surface area is 138 Å². The van der Waals surface area contributed by atoms with E-state index in [1.807, 2.05) is 48.0 Å². The molecule has 8 heteroatoms. The molecule has 0 aliphatic rings. The molecule has 0 bridgehead atoms. The second kappa shape index (κ2) is 6.53. The fourth-order valence-electron chi connectivity index (χ4n) is 2.65. The van der Waals surface area contributed by atoms with Gasteiger partial charge in [0.15, 0.2) is 0 Å². The Morgan fingerprint density at radius 2 is 2.04 bits per heavy atom. The van der Waals surface area contributed by atoms with Gasteiger partial charge in [-0.05, 0) is 26.0 Å². The summed E-state index contributed by atoms with van der Waals surface area (Å²) < 4.78 is 3.54. The Kier molecular flexibility index (Phi) is 4.28. The van der Waals surface area contributed by atoms with Crippen LogP contribution in [0.1, 0.15) is 18.4 Å². The predicted octanol–water partition coefficient (Wildman–Crippen LogP) is 2.92. The molecule has 0 atom stereocenters. The molecule has 3 rings (SSSR count). The fourth-order valence-corrected chi connectivity index (χ4v) is 2.65. The molecule has 0 amide bonds. The van der Waals surface area contributed by atoms with Crippen molar-refractivity contribution in [2.24, 2.45) is 0 Å². The lowest BCUT2D eigenvalue weighted by Crippen LogP contribution is -2.11. The maximum absolute atomic E-state index is 11.3. The highest BCUT2D eigenvalue weighted by atomic mass is 16.6. The number of nitro groups is 1. The zero-order chi connectivity index (χ0) is 17.1. The van der Waals surface area contributed by atoms with Gasteiger partial charge in [0, 0.05) is 24.6 Å². The standard InChI is InChI=1S/C16H18N6O2/c1-3-21-16(15(22(23)24)12(2)19-21)18-11-14-17-9-10-20(14)13-7-5-4-6-8-13/h4-10,18H,3,11H2,1-2H3. The van der Waals surface area contributed by atoms with Gasteiger partial charge in [-0.2, -0.15) is 5.10 Å². The van der Waals surface area contributed by atoms with E-state index in [0.29, 0.717) is 24.6 Å². The number of rotatable bonds is 6. The van der Waals surface area contributed by atoms with Gasteiger partial charge in [-0.1, -0.05) is 18.2 Å². The largest absolute Gasteiger partial charge is 0.357 e. The van der Waals surface area contributed by atoms with Crippen molar-refractivity contribution >= 4 is 11.5 Å². The van der Waals surface area contributed by atoms with Gasteiger partial charge in [0.1, 0.15) is 11.5 Å². The molecule has 1 aromatic carbocycles. The first-order chi connectivity index (χ1) is 11.6. The van der Waals surface area contributed by atoms with Gasteiger partial charge < -0.3 is 9.88 Å². The van der Waals surface area contributed by atoms with Crippen molar-refractivity contribution in [3.63, 3.8) is 0 Å². The van der Waals surface area contributed by atoms with Crippen LogP contribution < -0.4 is 5.32 Å². The van der Waals surface area contributed by atoms with Gasteiger partial charge in [0.25, 0.3) is 0 Å². The quantitative estimate of drug-likeness (QED) is 0.555. The number of aryl methyl sites for hydroxylation is 2. The lowest BCUT2D eigenvalue weighted by atomic mass is 10.3. The zero-order valence-corrected chi connectivity index (χ0v) is 13.5. The molecule has 0 saturated carbocycles. The third-order valence-electron chi connectivity index (χ3n) is 3.74. The number of benzene rings is 1. The third kappa shape index (κ3) is 2.85. The molecule has 2 heterocycles. The van der Waals surface area contributed by atoms with E-state index in [4.69, 9.17) is 0 Å². The Hall–Kier alpha value is -3.16. The number of imidazole rings is 1. The van der Waals surface area contributed by atoms with Crippen LogP contribution >= 0.6 is 0 Å². The molecule has 2 aromatic heterocycles. The van der Waals surface area contributed by atoms with E-state index in [9.17, 15) is 10.1 Å². The number of hydrogen-bond donors (Lipinski definition) is 1. The van der Waals surface area contributed by atoms with Crippen molar-refractivity contribution in [2.75, 3.05) is 5.32 Å². The Morgan fingerprint density at radius 3 is 2.71 bits per heavy atom. The molecule has 0 unspecified atom stereocenters. The summed E-state index contributed by atoms with van der Waals surface area (Å²) in [4.78, 5) is 15.3. The summed E-state index contributed by atoms with van der Waals surface area (Å²) in [6, 6.07) is 9.81. The topological polar surface area (TPSA) is 90.8 Å². The first kappa shape index (κ1) is 15.7. The molecule has 1 N–H and O–H groups in total. The molecule has 124 valence electrons. The highest BCUT2D eigenvalue weighted by Crippen LogP contribution is 2.28. The summed E-state index contributed by atoms with van der Waals surface area (Å²) >= 11 is 0. The summed E-state index contributed by atoms with van der Waals surface area (Å²) in [5.41, 5.74) is 1.40. The van der Waals surface area contributed by atoms with Crippen LogP contribution in [0.15, 0.2) is 42.7 Å². The van der Waals surface area contributed by atoms with Crippen molar-refractivity contribution in [3.8, 4) is 5.69 Å². The molecule has 3 aromatic rings. The van der Waals surface area contributed by atoms with Crippen LogP contribution in [0.2, 0.25) is 0 Å². The van der Waals surface area contributed by atoms with Crippen LogP contribution in [0.4, 0.5) is 11.5 Å². The Bertz CT molecular complexity index is 853. The van der Waals surface area contributed by atoms with E-state index in [-0.39, 0.29) is 5.69 Å². The zero-order valence-electron chi connectivity index (χ0n) is 13.5. The van der Waals surface area contributed by atoms with Crippen molar-refractivity contribution in [1.29, 1.82) is 0 Å². The minimum atomic E-state index is -0.402. The van der Waals surface area contributed by atoms with Crippen LogP contribution in [0.25, 0.3) is 5.69 Å². The molecule has 24 heavy (non-hydrogen) atoms. The van der Waals surface area contributed by atoms with E-state index >= 15 is 0 Å². The minimum absolute atomic E-state index is 0.00895. The maximum atomic E-state index is 11.3. The molecule has 8 nitrogen and oxygen atoms in total. The van der Waals surface area contributed by atoms with Gasteiger partial charge in [0.2, 0.25) is 5.82 Å². The van der Waals surface area contributed by atoms with E-state index in [2.05, 4.69) is 15.4 Å². The second-order valence-corrected chi connectivity index (χ2v) is 5.26. The number of anilines is 1. The van der Waals surface area contributed by atoms with Crippen molar-refractivity contribution < 1.29 is 4.92 Å². The molecule has 0 spiro atoms. The van der Waals surface area contributed by atoms with Crippen LogP contribution in [-0.4, -0.2) is 24.3 Å². The molecule has 0 aliphatic heterocycles. The lowest BCUT2D eigenvalue weighted by molar-refractivity contribution is -0.384. The van der Waals surface area contributed by atoms with Crippen LogP contribution in [-0.2, 0) is 13.1 Å². The normalized spacial score (nSPS) is 10.8. The van der Waals surface area contributed by atoms with Gasteiger partial charge in [-0.25, -0.2) is 9.67 Å². The number of nitrogens with one attached hydrogen (secondary N) is 1. The first-order valence-corrected chi connectivity index (χ1v) is 7.65. The number of para-hydroxylation sites is 1. The van der Waals surface area contributed by atoms with Gasteiger partial charge >= 0.3 is 5.69 Å². The number of nitrogens with zero attached hydrogens (tertiary/aromatic N) is 5. The molecular weight excluding hydrogens is 308 g/mol.